The third kappa shape index (κ3) is 5.74. The number of aromatic nitrogens is 1. The van der Waals surface area contributed by atoms with Crippen molar-refractivity contribution in [2.24, 2.45) is 5.73 Å². The number of rotatable bonds is 3. The first-order valence-electron chi connectivity index (χ1n) is 7.53. The monoisotopic (exact) mass is 301 g/mol. The van der Waals surface area contributed by atoms with Gasteiger partial charge in [-0.1, -0.05) is 24.8 Å². The second kappa shape index (κ2) is 8.66. The molecule has 2 rings (SSSR count). The zero-order valence-electron chi connectivity index (χ0n) is 12.6. The van der Waals surface area contributed by atoms with E-state index >= 15 is 0 Å². The van der Waals surface area contributed by atoms with Crippen LogP contribution in [0, 0.1) is 18.8 Å². The first-order valence-corrected chi connectivity index (χ1v) is 8.41. The average Bonchev–Trinajstić information content (AvgIpc) is 2.75. The fourth-order valence-corrected chi connectivity index (χ4v) is 2.89. The Morgan fingerprint density at radius 3 is 2.76 bits per heavy atom. The SMILES string of the molecule is Cc1nc(C#CC(/C=C\CN2CCCCCC2)=C/N)cs1. The molecular formula is C17H23N3S. The van der Waals surface area contributed by atoms with Crippen LogP contribution in [0.4, 0.5) is 0 Å². The van der Waals surface area contributed by atoms with Crippen LogP contribution in [0.15, 0.2) is 29.3 Å². The largest absolute Gasteiger partial charge is 0.404 e. The van der Waals surface area contributed by atoms with Gasteiger partial charge in [0.25, 0.3) is 0 Å². The molecular weight excluding hydrogens is 278 g/mol. The smallest absolute Gasteiger partial charge is 0.124 e. The average molecular weight is 301 g/mol. The number of likely N-dealkylation sites (tertiary alicyclic amines) is 1. The summed E-state index contributed by atoms with van der Waals surface area (Å²) >= 11 is 1.61. The molecule has 0 spiro atoms. The fourth-order valence-electron chi connectivity index (χ4n) is 2.34. The number of hydrogen-bond acceptors (Lipinski definition) is 4. The van der Waals surface area contributed by atoms with Gasteiger partial charge in [0.15, 0.2) is 0 Å². The van der Waals surface area contributed by atoms with Crippen molar-refractivity contribution >= 4 is 11.3 Å². The number of hydrogen-bond donors (Lipinski definition) is 1. The van der Waals surface area contributed by atoms with Crippen molar-refractivity contribution < 1.29 is 0 Å². The van der Waals surface area contributed by atoms with Gasteiger partial charge in [-0.25, -0.2) is 4.98 Å². The first kappa shape index (κ1) is 15.8. The van der Waals surface area contributed by atoms with E-state index in [9.17, 15) is 0 Å². The summed E-state index contributed by atoms with van der Waals surface area (Å²) in [5.74, 6) is 6.13. The Hall–Kier alpha value is -1.57. The molecule has 21 heavy (non-hydrogen) atoms. The number of allylic oxidation sites excluding steroid dienone is 2. The molecule has 4 heteroatoms. The summed E-state index contributed by atoms with van der Waals surface area (Å²) in [6.07, 6.45) is 11.1. The molecule has 3 nitrogen and oxygen atoms in total. The molecule has 0 radical (unpaired) electrons. The molecule has 1 aliphatic rings. The van der Waals surface area contributed by atoms with Crippen molar-refractivity contribution in [3.05, 3.63) is 40.0 Å². The molecule has 0 aromatic carbocycles. The van der Waals surface area contributed by atoms with E-state index in [0.29, 0.717) is 0 Å². The third-order valence-corrected chi connectivity index (χ3v) is 4.27. The molecule has 0 bridgehead atoms. The molecule has 0 aliphatic carbocycles. The highest BCUT2D eigenvalue weighted by Gasteiger charge is 2.06. The van der Waals surface area contributed by atoms with Gasteiger partial charge in [0.2, 0.25) is 0 Å². The molecule has 0 atom stereocenters. The van der Waals surface area contributed by atoms with Gasteiger partial charge in [-0.2, -0.15) is 0 Å². The molecule has 112 valence electrons. The predicted octanol–water partition coefficient (Wildman–Crippen LogP) is 3.08. The third-order valence-electron chi connectivity index (χ3n) is 3.49. The van der Waals surface area contributed by atoms with Gasteiger partial charge in [0.1, 0.15) is 5.69 Å². The topological polar surface area (TPSA) is 42.2 Å². The van der Waals surface area contributed by atoms with E-state index in [2.05, 4.69) is 27.8 Å². The Morgan fingerprint density at radius 2 is 2.14 bits per heavy atom. The van der Waals surface area contributed by atoms with Crippen LogP contribution in [0.1, 0.15) is 36.4 Å². The zero-order chi connectivity index (χ0) is 14.9. The number of aryl methyl sites for hydroxylation is 1. The van der Waals surface area contributed by atoms with Crippen molar-refractivity contribution in [3.63, 3.8) is 0 Å². The van der Waals surface area contributed by atoms with E-state index in [1.807, 2.05) is 18.4 Å². The van der Waals surface area contributed by atoms with Crippen molar-refractivity contribution in [3.8, 4) is 11.8 Å². The number of nitrogens with two attached hydrogens (primary N) is 1. The van der Waals surface area contributed by atoms with Crippen molar-refractivity contribution in [1.82, 2.24) is 9.88 Å². The summed E-state index contributed by atoms with van der Waals surface area (Å²) in [5, 5.41) is 3.01. The van der Waals surface area contributed by atoms with Crippen molar-refractivity contribution in [2.75, 3.05) is 19.6 Å². The van der Waals surface area contributed by atoms with E-state index in [0.717, 1.165) is 22.8 Å². The molecule has 1 saturated heterocycles. The Balaban J connectivity index is 1.87. The van der Waals surface area contributed by atoms with Crippen LogP contribution in [0.3, 0.4) is 0 Å². The van der Waals surface area contributed by atoms with Crippen LogP contribution in [-0.2, 0) is 0 Å². The second-order valence-electron chi connectivity index (χ2n) is 5.24. The van der Waals surface area contributed by atoms with E-state index < -0.39 is 0 Å². The lowest BCUT2D eigenvalue weighted by atomic mass is 10.2. The molecule has 1 aromatic heterocycles. The molecule has 0 amide bonds. The highest BCUT2D eigenvalue weighted by molar-refractivity contribution is 7.09. The lowest BCUT2D eigenvalue weighted by Gasteiger charge is -2.16. The standard InChI is InChI=1S/C17H23N3S/c1-15-19-17(14-21-15)9-8-16(13-18)7-6-12-20-10-4-2-3-5-11-20/h6-7,13-14H,2-5,10-12,18H2,1H3/b7-6-,16-13+. The quantitative estimate of drug-likeness (QED) is 0.689. The van der Waals surface area contributed by atoms with Crippen LogP contribution in [-0.4, -0.2) is 29.5 Å². The minimum absolute atomic E-state index is 0.817. The van der Waals surface area contributed by atoms with Gasteiger partial charge in [-0.15, -0.1) is 11.3 Å². The van der Waals surface area contributed by atoms with Crippen LogP contribution in [0.25, 0.3) is 0 Å². The van der Waals surface area contributed by atoms with Crippen molar-refractivity contribution in [2.45, 2.75) is 32.6 Å². The van der Waals surface area contributed by atoms with Gasteiger partial charge in [0, 0.05) is 23.7 Å². The Morgan fingerprint density at radius 1 is 1.38 bits per heavy atom. The summed E-state index contributed by atoms with van der Waals surface area (Å²) in [6, 6.07) is 0. The maximum Gasteiger partial charge on any atom is 0.124 e. The second-order valence-corrected chi connectivity index (χ2v) is 6.30. The van der Waals surface area contributed by atoms with Crippen LogP contribution < -0.4 is 5.73 Å². The van der Waals surface area contributed by atoms with E-state index in [1.165, 1.54) is 38.8 Å². The molecule has 1 aliphatic heterocycles. The molecule has 2 N–H and O–H groups in total. The van der Waals surface area contributed by atoms with E-state index in [-0.39, 0.29) is 0 Å². The van der Waals surface area contributed by atoms with Gasteiger partial charge < -0.3 is 5.73 Å². The number of thiazole rings is 1. The minimum atomic E-state index is 0.817. The molecule has 1 aromatic rings. The Kier molecular flexibility index (Phi) is 6.52. The Bertz CT molecular complexity index is 552. The van der Waals surface area contributed by atoms with Crippen LogP contribution >= 0.6 is 11.3 Å². The molecule has 0 saturated carbocycles. The van der Waals surface area contributed by atoms with Crippen LogP contribution in [0.5, 0.6) is 0 Å². The van der Waals surface area contributed by atoms with E-state index in [4.69, 9.17) is 5.73 Å². The lowest BCUT2D eigenvalue weighted by molar-refractivity contribution is 0.316. The minimum Gasteiger partial charge on any atom is -0.404 e. The summed E-state index contributed by atoms with van der Waals surface area (Å²) < 4.78 is 0. The zero-order valence-corrected chi connectivity index (χ0v) is 13.5. The predicted molar refractivity (Wildman–Crippen MR) is 90.0 cm³/mol. The Labute approximate surface area is 131 Å². The first-order chi connectivity index (χ1) is 10.3. The summed E-state index contributed by atoms with van der Waals surface area (Å²) in [4.78, 5) is 6.82. The molecule has 0 unspecified atom stereocenters. The molecule has 1 fully saturated rings. The van der Waals surface area contributed by atoms with Crippen molar-refractivity contribution in [1.29, 1.82) is 0 Å². The highest BCUT2D eigenvalue weighted by atomic mass is 32.1. The summed E-state index contributed by atoms with van der Waals surface area (Å²) in [5.41, 5.74) is 7.30. The van der Waals surface area contributed by atoms with Gasteiger partial charge in [-0.05, 0) is 44.9 Å². The molecule has 2 heterocycles. The summed E-state index contributed by atoms with van der Waals surface area (Å²) in [7, 11) is 0. The lowest BCUT2D eigenvalue weighted by Crippen LogP contribution is -2.24. The maximum absolute atomic E-state index is 5.64. The van der Waals surface area contributed by atoms with Gasteiger partial charge in [-0.3, -0.25) is 4.90 Å². The van der Waals surface area contributed by atoms with Gasteiger partial charge in [0.05, 0.1) is 5.01 Å². The summed E-state index contributed by atoms with van der Waals surface area (Å²) in [6.45, 7) is 5.37. The van der Waals surface area contributed by atoms with E-state index in [1.54, 1.807) is 17.5 Å². The number of nitrogens with zero attached hydrogens (tertiary/aromatic N) is 2. The fraction of sp³-hybridized carbons (Fsp3) is 0.471. The highest BCUT2D eigenvalue weighted by Crippen LogP contribution is 2.09. The maximum atomic E-state index is 5.64. The van der Waals surface area contributed by atoms with Crippen LogP contribution in [0.2, 0.25) is 0 Å². The normalized spacial score (nSPS) is 17.5. The van der Waals surface area contributed by atoms with Gasteiger partial charge >= 0.3 is 0 Å².